The number of likely N-dealkylation sites (N-methyl/N-ethyl adjacent to an activating group) is 1. The molecule has 56 heavy (non-hydrogen) atoms. The number of carbonyl (C=O) groups excluding carboxylic acids is 2. The Kier molecular flexibility index (Phi) is 36.7. The molecule has 0 rings (SSSR count). The first-order valence-electron chi connectivity index (χ1n) is 22.0. The zero-order valence-electron chi connectivity index (χ0n) is 36.3. The van der Waals surface area contributed by atoms with Crippen LogP contribution in [0.2, 0.25) is 0 Å². The Balaban J connectivity index is 4.46. The summed E-state index contributed by atoms with van der Waals surface area (Å²) in [5.41, 5.74) is 0. The lowest BCUT2D eigenvalue weighted by molar-refractivity contribution is -0.870. The van der Waals surface area contributed by atoms with Crippen molar-refractivity contribution in [1.29, 1.82) is 0 Å². The van der Waals surface area contributed by atoms with Crippen LogP contribution in [0.4, 0.5) is 0 Å². The van der Waals surface area contributed by atoms with Crippen molar-refractivity contribution in [3.8, 4) is 0 Å². The van der Waals surface area contributed by atoms with Gasteiger partial charge in [0.1, 0.15) is 19.8 Å². The van der Waals surface area contributed by atoms with Gasteiger partial charge in [0.15, 0.2) is 6.10 Å². The van der Waals surface area contributed by atoms with E-state index in [0.29, 0.717) is 23.9 Å². The minimum Gasteiger partial charge on any atom is -0.462 e. The number of ether oxygens (including phenoxy) is 2. The van der Waals surface area contributed by atoms with Gasteiger partial charge in [-0.2, -0.15) is 0 Å². The summed E-state index contributed by atoms with van der Waals surface area (Å²) in [5, 5.41) is 0. The molecule has 2 atom stereocenters. The van der Waals surface area contributed by atoms with Crippen molar-refractivity contribution in [1.82, 2.24) is 0 Å². The molecule has 0 aliphatic heterocycles. The Labute approximate surface area is 343 Å². The molecule has 0 aliphatic carbocycles. The molecule has 10 heteroatoms. The summed E-state index contributed by atoms with van der Waals surface area (Å²) in [6.45, 7) is 4.23. The number of hydrogen-bond donors (Lipinski definition) is 1. The fourth-order valence-electron chi connectivity index (χ4n) is 5.60. The lowest BCUT2D eigenvalue weighted by Crippen LogP contribution is -2.37. The van der Waals surface area contributed by atoms with Gasteiger partial charge in [0.25, 0.3) is 0 Å². The second-order valence-electron chi connectivity index (χ2n) is 15.7. The smallest absolute Gasteiger partial charge is 0.462 e. The second-order valence-corrected chi connectivity index (χ2v) is 17.1. The van der Waals surface area contributed by atoms with Gasteiger partial charge >= 0.3 is 19.8 Å². The van der Waals surface area contributed by atoms with Crippen molar-refractivity contribution in [3.63, 3.8) is 0 Å². The third-order valence-corrected chi connectivity index (χ3v) is 10.0. The zero-order chi connectivity index (χ0) is 41.4. The van der Waals surface area contributed by atoms with Gasteiger partial charge < -0.3 is 18.9 Å². The number of carbonyl (C=O) groups is 2. The summed E-state index contributed by atoms with van der Waals surface area (Å²) in [6.07, 6.45) is 45.6. The standard InChI is InChI=1S/C46H82NO8P/c1-6-8-10-12-14-16-18-20-22-23-25-27-29-31-33-35-37-39-46(49)55-44(43-54-56(50,51)53-41-40-47(3,4)5)42-52-45(48)38-36-34-32-30-28-26-24-21-19-17-15-13-11-9-7-2/h9,11,15,17,21,24-25,27,31,33,44H,6-8,10,12-14,16,18-20,22-23,26,28-30,32,34-43H2,1-5H3/p+1/b11-9+,17-15+,24-21+,27-25+,33-31+/t44-/m1/s1. The molecular formula is C46H83NO8P+. The maximum Gasteiger partial charge on any atom is 0.472 e. The summed E-state index contributed by atoms with van der Waals surface area (Å²) >= 11 is 0. The summed E-state index contributed by atoms with van der Waals surface area (Å²) in [5.74, 6) is -0.875. The highest BCUT2D eigenvalue weighted by atomic mass is 31.2. The van der Waals surface area contributed by atoms with Crippen molar-refractivity contribution < 1.29 is 42.1 Å². The molecule has 0 fully saturated rings. The molecule has 0 heterocycles. The molecule has 324 valence electrons. The van der Waals surface area contributed by atoms with Crippen LogP contribution in [0, 0.1) is 0 Å². The second kappa shape index (κ2) is 38.2. The molecule has 0 aromatic rings. The van der Waals surface area contributed by atoms with E-state index in [4.69, 9.17) is 18.5 Å². The van der Waals surface area contributed by atoms with Gasteiger partial charge in [-0.05, 0) is 70.6 Å². The molecule has 1 unspecified atom stereocenters. The predicted octanol–water partition coefficient (Wildman–Crippen LogP) is 12.5. The van der Waals surface area contributed by atoms with Crippen LogP contribution in [-0.2, 0) is 32.7 Å². The van der Waals surface area contributed by atoms with E-state index in [0.717, 1.165) is 70.6 Å². The first-order valence-corrected chi connectivity index (χ1v) is 23.5. The van der Waals surface area contributed by atoms with Crippen LogP contribution in [-0.4, -0.2) is 74.9 Å². The Morgan fingerprint density at radius 3 is 1.57 bits per heavy atom. The summed E-state index contributed by atoms with van der Waals surface area (Å²) < 4.78 is 34.2. The Hall–Kier alpha value is -2.29. The summed E-state index contributed by atoms with van der Waals surface area (Å²) in [7, 11) is 1.43. The number of unbranched alkanes of at least 4 members (excludes halogenated alkanes) is 15. The molecule has 0 aromatic carbocycles. The third-order valence-electron chi connectivity index (χ3n) is 9.03. The topological polar surface area (TPSA) is 108 Å². The number of quaternary nitrogens is 1. The van der Waals surface area contributed by atoms with Crippen LogP contribution in [0.15, 0.2) is 60.8 Å². The van der Waals surface area contributed by atoms with Gasteiger partial charge in [0.05, 0.1) is 27.7 Å². The predicted molar refractivity (Wildman–Crippen MR) is 233 cm³/mol. The minimum atomic E-state index is -4.39. The molecular weight excluding hydrogens is 725 g/mol. The van der Waals surface area contributed by atoms with Gasteiger partial charge in [0.2, 0.25) is 0 Å². The number of allylic oxidation sites excluding steroid dienone is 10. The molecule has 0 aliphatic rings. The van der Waals surface area contributed by atoms with E-state index < -0.39 is 32.5 Å². The first-order chi connectivity index (χ1) is 27.0. The highest BCUT2D eigenvalue weighted by Gasteiger charge is 2.27. The summed E-state index contributed by atoms with van der Waals surface area (Å²) in [4.78, 5) is 35.3. The zero-order valence-corrected chi connectivity index (χ0v) is 37.2. The molecule has 0 amide bonds. The van der Waals surface area contributed by atoms with Crippen LogP contribution in [0.25, 0.3) is 0 Å². The van der Waals surface area contributed by atoms with Gasteiger partial charge in [-0.15, -0.1) is 0 Å². The number of phosphoric acid groups is 1. The molecule has 0 saturated carbocycles. The highest BCUT2D eigenvalue weighted by molar-refractivity contribution is 7.47. The van der Waals surface area contributed by atoms with E-state index in [1.54, 1.807) is 0 Å². The Morgan fingerprint density at radius 1 is 0.571 bits per heavy atom. The van der Waals surface area contributed by atoms with Crippen LogP contribution < -0.4 is 0 Å². The van der Waals surface area contributed by atoms with Crippen LogP contribution >= 0.6 is 7.82 Å². The van der Waals surface area contributed by atoms with Crippen molar-refractivity contribution in [2.24, 2.45) is 0 Å². The van der Waals surface area contributed by atoms with Crippen molar-refractivity contribution in [3.05, 3.63) is 60.8 Å². The van der Waals surface area contributed by atoms with E-state index in [1.165, 1.54) is 57.8 Å². The normalized spacial score (nSPS) is 14.2. The molecule has 0 aromatic heterocycles. The lowest BCUT2D eigenvalue weighted by Gasteiger charge is -2.24. The quantitative estimate of drug-likeness (QED) is 0.0215. The van der Waals surface area contributed by atoms with Crippen molar-refractivity contribution in [2.75, 3.05) is 47.5 Å². The maximum atomic E-state index is 12.7. The van der Waals surface area contributed by atoms with Gasteiger partial charge in [0, 0.05) is 12.8 Å². The average molecular weight is 809 g/mol. The van der Waals surface area contributed by atoms with E-state index in [1.807, 2.05) is 21.1 Å². The fraction of sp³-hybridized carbons (Fsp3) is 0.739. The molecule has 9 nitrogen and oxygen atoms in total. The fourth-order valence-corrected chi connectivity index (χ4v) is 6.34. The van der Waals surface area contributed by atoms with E-state index in [2.05, 4.69) is 74.6 Å². The number of nitrogens with zero attached hydrogens (tertiary/aromatic N) is 1. The van der Waals surface area contributed by atoms with E-state index in [9.17, 15) is 19.0 Å². The van der Waals surface area contributed by atoms with Crippen molar-refractivity contribution >= 4 is 19.8 Å². The van der Waals surface area contributed by atoms with E-state index in [-0.39, 0.29) is 26.1 Å². The van der Waals surface area contributed by atoms with E-state index >= 15 is 0 Å². The van der Waals surface area contributed by atoms with Gasteiger partial charge in [-0.25, -0.2) is 4.57 Å². The summed E-state index contributed by atoms with van der Waals surface area (Å²) in [6, 6.07) is 0. The Morgan fingerprint density at radius 2 is 1.04 bits per heavy atom. The third kappa shape index (κ3) is 41.3. The van der Waals surface area contributed by atoms with Gasteiger partial charge in [-0.1, -0.05) is 145 Å². The number of rotatable bonds is 39. The number of hydrogen-bond acceptors (Lipinski definition) is 7. The van der Waals surface area contributed by atoms with Gasteiger partial charge in [-0.3, -0.25) is 18.6 Å². The molecule has 1 N–H and O–H groups in total. The Bertz CT molecular complexity index is 1140. The SMILES string of the molecule is CC/C=C/C/C=C/C/C=C/CCCCCCCC(=O)OC[C@H](COP(=O)(O)OCC[N+](C)(C)C)OC(=O)CCC/C=C/C/C=C/CCCCCCCCCCC. The molecule has 0 spiro atoms. The van der Waals surface area contributed by atoms with Crippen LogP contribution in [0.1, 0.15) is 168 Å². The average Bonchev–Trinajstić information content (AvgIpc) is 3.15. The van der Waals surface area contributed by atoms with Crippen LogP contribution in [0.5, 0.6) is 0 Å². The first kappa shape index (κ1) is 53.7. The maximum absolute atomic E-state index is 12.7. The van der Waals surface area contributed by atoms with Crippen LogP contribution in [0.3, 0.4) is 0 Å². The number of esters is 2. The lowest BCUT2D eigenvalue weighted by atomic mass is 10.1. The van der Waals surface area contributed by atoms with Crippen molar-refractivity contribution in [2.45, 2.75) is 174 Å². The molecule has 0 bridgehead atoms. The monoisotopic (exact) mass is 809 g/mol. The number of phosphoric ester groups is 1. The minimum absolute atomic E-state index is 0.0189. The molecule has 0 radical (unpaired) electrons. The largest absolute Gasteiger partial charge is 0.472 e. The highest BCUT2D eigenvalue weighted by Crippen LogP contribution is 2.43. The molecule has 0 saturated heterocycles.